The van der Waals surface area contributed by atoms with Crippen LogP contribution in [-0.4, -0.2) is 11.0 Å². The van der Waals surface area contributed by atoms with Crippen molar-refractivity contribution in [3.05, 3.63) is 23.4 Å². The molecule has 14 heavy (non-hydrogen) atoms. The summed E-state index contributed by atoms with van der Waals surface area (Å²) in [6, 6.07) is 2.50. The van der Waals surface area contributed by atoms with Gasteiger partial charge < -0.3 is 11.1 Å². The quantitative estimate of drug-likeness (QED) is 0.774. The number of anilines is 1. The van der Waals surface area contributed by atoms with Gasteiger partial charge in [-0.2, -0.15) is 0 Å². The van der Waals surface area contributed by atoms with E-state index >= 15 is 0 Å². The number of nitrogens with zero attached hydrogens (tertiary/aromatic N) is 1. The Hall–Kier alpha value is -1.09. The molecule has 1 heterocycles. The molecule has 0 aliphatic carbocycles. The molecule has 0 radical (unpaired) electrons. The van der Waals surface area contributed by atoms with Crippen LogP contribution in [0, 0.1) is 6.92 Å². The zero-order valence-corrected chi connectivity index (χ0v) is 9.33. The van der Waals surface area contributed by atoms with E-state index in [4.69, 9.17) is 5.73 Å². The molecule has 3 nitrogen and oxygen atoms in total. The lowest BCUT2D eigenvalue weighted by Crippen LogP contribution is -2.13. The number of hydrogen-bond donors (Lipinski definition) is 2. The van der Waals surface area contributed by atoms with Gasteiger partial charge in [0, 0.05) is 18.3 Å². The van der Waals surface area contributed by atoms with Gasteiger partial charge in [0.1, 0.15) is 5.82 Å². The van der Waals surface area contributed by atoms with E-state index in [0.29, 0.717) is 6.04 Å². The van der Waals surface area contributed by atoms with E-state index in [1.54, 1.807) is 0 Å². The second kappa shape index (κ2) is 4.42. The van der Waals surface area contributed by atoms with E-state index in [9.17, 15) is 0 Å². The largest absolute Gasteiger partial charge is 0.368 e. The van der Waals surface area contributed by atoms with Crippen molar-refractivity contribution >= 4 is 5.82 Å². The average Bonchev–Trinajstić information content (AvgIpc) is 2.01. The molecule has 0 aromatic carbocycles. The molecular formula is C11H19N3. The van der Waals surface area contributed by atoms with Crippen molar-refractivity contribution < 1.29 is 0 Å². The lowest BCUT2D eigenvalue weighted by Gasteiger charge is -2.13. The maximum Gasteiger partial charge on any atom is 0.126 e. The highest BCUT2D eigenvalue weighted by molar-refractivity contribution is 5.41. The topological polar surface area (TPSA) is 50.9 Å². The van der Waals surface area contributed by atoms with Gasteiger partial charge in [-0.3, -0.25) is 0 Å². The van der Waals surface area contributed by atoms with Crippen molar-refractivity contribution in [1.29, 1.82) is 0 Å². The van der Waals surface area contributed by atoms with Crippen molar-refractivity contribution in [1.82, 2.24) is 4.98 Å². The lowest BCUT2D eigenvalue weighted by molar-refractivity contribution is 0.801. The Morgan fingerprint density at radius 1 is 1.36 bits per heavy atom. The third-order valence-electron chi connectivity index (χ3n) is 2.08. The molecule has 1 rings (SSSR count). The summed E-state index contributed by atoms with van der Waals surface area (Å²) in [4.78, 5) is 4.31. The van der Waals surface area contributed by atoms with E-state index in [-0.39, 0.29) is 6.04 Å². The zero-order chi connectivity index (χ0) is 10.7. The van der Waals surface area contributed by atoms with Crippen molar-refractivity contribution in [2.45, 2.75) is 39.8 Å². The van der Waals surface area contributed by atoms with Gasteiger partial charge in [-0.25, -0.2) is 4.98 Å². The molecule has 0 unspecified atom stereocenters. The Kier molecular flexibility index (Phi) is 3.47. The smallest absolute Gasteiger partial charge is 0.126 e. The fourth-order valence-corrected chi connectivity index (χ4v) is 1.42. The van der Waals surface area contributed by atoms with E-state index in [1.165, 1.54) is 5.56 Å². The van der Waals surface area contributed by atoms with Gasteiger partial charge in [0.2, 0.25) is 0 Å². The summed E-state index contributed by atoms with van der Waals surface area (Å²) in [5, 5.41) is 3.26. The summed E-state index contributed by atoms with van der Waals surface area (Å²) in [7, 11) is 0. The molecule has 0 spiro atoms. The predicted octanol–water partition coefficient (Wildman–Crippen LogP) is 2.23. The van der Waals surface area contributed by atoms with Gasteiger partial charge in [0.15, 0.2) is 0 Å². The van der Waals surface area contributed by atoms with Crippen LogP contribution in [0.3, 0.4) is 0 Å². The second-order valence-electron chi connectivity index (χ2n) is 4.01. The molecular weight excluding hydrogens is 174 g/mol. The normalized spacial score (nSPS) is 13.0. The SMILES string of the molecule is Cc1cc(NC(C)C)ncc1[C@@H](C)N. The number of pyridine rings is 1. The van der Waals surface area contributed by atoms with Crippen LogP contribution in [0.2, 0.25) is 0 Å². The Balaban J connectivity index is 2.89. The van der Waals surface area contributed by atoms with Gasteiger partial charge in [-0.05, 0) is 44.9 Å². The molecule has 1 atom stereocenters. The fourth-order valence-electron chi connectivity index (χ4n) is 1.42. The van der Waals surface area contributed by atoms with Crippen molar-refractivity contribution in [3.63, 3.8) is 0 Å². The summed E-state index contributed by atoms with van der Waals surface area (Å²) < 4.78 is 0. The van der Waals surface area contributed by atoms with Crippen LogP contribution in [0.15, 0.2) is 12.3 Å². The van der Waals surface area contributed by atoms with Crippen molar-refractivity contribution in [2.75, 3.05) is 5.32 Å². The van der Waals surface area contributed by atoms with Crippen LogP contribution in [0.5, 0.6) is 0 Å². The number of nitrogens with one attached hydrogen (secondary N) is 1. The minimum Gasteiger partial charge on any atom is -0.368 e. The third kappa shape index (κ3) is 2.70. The van der Waals surface area contributed by atoms with Gasteiger partial charge in [-0.1, -0.05) is 0 Å². The number of hydrogen-bond acceptors (Lipinski definition) is 3. The number of aromatic nitrogens is 1. The minimum absolute atomic E-state index is 0.0515. The Morgan fingerprint density at radius 3 is 2.43 bits per heavy atom. The van der Waals surface area contributed by atoms with E-state index in [1.807, 2.05) is 19.2 Å². The Morgan fingerprint density at radius 2 is 2.00 bits per heavy atom. The molecule has 3 heteroatoms. The first-order valence-electron chi connectivity index (χ1n) is 4.99. The van der Waals surface area contributed by atoms with Crippen LogP contribution in [0.4, 0.5) is 5.82 Å². The number of rotatable bonds is 3. The molecule has 1 aromatic heterocycles. The molecule has 78 valence electrons. The molecule has 0 saturated heterocycles. The Bertz CT molecular complexity index is 305. The van der Waals surface area contributed by atoms with E-state index < -0.39 is 0 Å². The Labute approximate surface area is 85.7 Å². The maximum atomic E-state index is 5.81. The molecule has 3 N–H and O–H groups in total. The predicted molar refractivity (Wildman–Crippen MR) is 60.3 cm³/mol. The average molecular weight is 193 g/mol. The van der Waals surface area contributed by atoms with Crippen molar-refractivity contribution in [3.8, 4) is 0 Å². The molecule has 1 aromatic rings. The molecule has 0 aliphatic heterocycles. The van der Waals surface area contributed by atoms with Crippen LogP contribution in [-0.2, 0) is 0 Å². The molecule has 0 bridgehead atoms. The van der Waals surface area contributed by atoms with Gasteiger partial charge in [0.25, 0.3) is 0 Å². The van der Waals surface area contributed by atoms with Gasteiger partial charge in [-0.15, -0.1) is 0 Å². The highest BCUT2D eigenvalue weighted by Crippen LogP contribution is 2.17. The summed E-state index contributed by atoms with van der Waals surface area (Å²) in [6.45, 7) is 8.22. The summed E-state index contributed by atoms with van der Waals surface area (Å²) >= 11 is 0. The van der Waals surface area contributed by atoms with Gasteiger partial charge in [0.05, 0.1) is 0 Å². The molecule has 0 aliphatic rings. The highest BCUT2D eigenvalue weighted by atomic mass is 15.0. The highest BCUT2D eigenvalue weighted by Gasteiger charge is 2.05. The van der Waals surface area contributed by atoms with Crippen molar-refractivity contribution in [2.24, 2.45) is 5.73 Å². The molecule has 0 saturated carbocycles. The molecule has 0 amide bonds. The van der Waals surface area contributed by atoms with Crippen LogP contribution >= 0.6 is 0 Å². The van der Waals surface area contributed by atoms with Crippen LogP contribution < -0.4 is 11.1 Å². The van der Waals surface area contributed by atoms with Gasteiger partial charge >= 0.3 is 0 Å². The molecule has 0 fully saturated rings. The fraction of sp³-hybridized carbons (Fsp3) is 0.545. The first-order chi connectivity index (χ1) is 6.50. The second-order valence-corrected chi connectivity index (χ2v) is 4.01. The summed E-state index contributed by atoms with van der Waals surface area (Å²) in [5.41, 5.74) is 8.11. The summed E-state index contributed by atoms with van der Waals surface area (Å²) in [5.74, 6) is 0.918. The van der Waals surface area contributed by atoms with E-state index in [2.05, 4.69) is 31.1 Å². The lowest BCUT2D eigenvalue weighted by atomic mass is 10.1. The van der Waals surface area contributed by atoms with Crippen LogP contribution in [0.1, 0.15) is 37.9 Å². The monoisotopic (exact) mass is 193 g/mol. The minimum atomic E-state index is 0.0515. The summed E-state index contributed by atoms with van der Waals surface area (Å²) in [6.07, 6.45) is 1.85. The zero-order valence-electron chi connectivity index (χ0n) is 9.33. The van der Waals surface area contributed by atoms with E-state index in [0.717, 1.165) is 11.4 Å². The third-order valence-corrected chi connectivity index (χ3v) is 2.08. The van der Waals surface area contributed by atoms with Crippen LogP contribution in [0.25, 0.3) is 0 Å². The first kappa shape index (κ1) is 11.0. The number of aryl methyl sites for hydroxylation is 1. The number of nitrogens with two attached hydrogens (primary N) is 1. The maximum absolute atomic E-state index is 5.81. The first-order valence-corrected chi connectivity index (χ1v) is 4.99. The standard InChI is InChI=1S/C11H19N3/c1-7(2)14-11-5-8(3)10(6-13-11)9(4)12/h5-7,9H,12H2,1-4H3,(H,13,14)/t9-/m1/s1.